The number of nitrogens with zero attached hydrogens (tertiary/aromatic N) is 1. The molecule has 0 atom stereocenters. The number of nitrogens with one attached hydrogen (secondary N) is 2. The first kappa shape index (κ1) is 22.9. The number of furan rings is 1. The Hall–Kier alpha value is -2.80. The standard InChI is InChI=1S/C23H23Cl2N3O3/c1-26-23(30)17-6-4-16(5-7-17)14-28(15-19-3-2-12-31-19)11-10-22(29)27-21-13-18(24)8-9-20(21)25/h2-9,12-13H,10-11,14-15H2,1H3,(H,26,30)(H,27,29). The Labute approximate surface area is 191 Å². The third kappa shape index (κ3) is 6.85. The van der Waals surface area contributed by atoms with Gasteiger partial charge in [-0.25, -0.2) is 0 Å². The highest BCUT2D eigenvalue weighted by Crippen LogP contribution is 2.25. The Kier molecular flexibility index (Phi) is 8.12. The Morgan fingerprint density at radius 2 is 1.81 bits per heavy atom. The number of halogens is 2. The van der Waals surface area contributed by atoms with Gasteiger partial charge in [0.25, 0.3) is 5.91 Å². The molecule has 0 unspecified atom stereocenters. The van der Waals surface area contributed by atoms with Gasteiger partial charge in [-0.1, -0.05) is 35.3 Å². The van der Waals surface area contributed by atoms with Crippen molar-refractivity contribution in [2.24, 2.45) is 0 Å². The second-order valence-corrected chi connectivity index (χ2v) is 7.83. The normalized spacial score (nSPS) is 10.8. The zero-order valence-electron chi connectivity index (χ0n) is 17.0. The maximum absolute atomic E-state index is 12.5. The largest absolute Gasteiger partial charge is 0.468 e. The summed E-state index contributed by atoms with van der Waals surface area (Å²) in [6.07, 6.45) is 1.89. The van der Waals surface area contributed by atoms with Gasteiger partial charge in [-0.2, -0.15) is 0 Å². The van der Waals surface area contributed by atoms with Crippen molar-refractivity contribution in [3.63, 3.8) is 0 Å². The average Bonchev–Trinajstić information content (AvgIpc) is 3.27. The SMILES string of the molecule is CNC(=O)c1ccc(CN(CCC(=O)Nc2cc(Cl)ccc2Cl)Cc2ccco2)cc1. The third-order valence-corrected chi connectivity index (χ3v) is 5.23. The number of anilines is 1. The van der Waals surface area contributed by atoms with Crippen molar-refractivity contribution in [2.75, 3.05) is 18.9 Å². The molecule has 3 aromatic rings. The number of rotatable bonds is 9. The van der Waals surface area contributed by atoms with Crippen LogP contribution in [0.2, 0.25) is 10.0 Å². The molecule has 1 aromatic heterocycles. The van der Waals surface area contributed by atoms with Crippen LogP contribution in [0, 0.1) is 0 Å². The summed E-state index contributed by atoms with van der Waals surface area (Å²) in [5, 5.41) is 6.34. The van der Waals surface area contributed by atoms with Crippen LogP contribution in [0.3, 0.4) is 0 Å². The zero-order valence-corrected chi connectivity index (χ0v) is 18.5. The molecule has 0 saturated carbocycles. The van der Waals surface area contributed by atoms with Gasteiger partial charge < -0.3 is 15.1 Å². The van der Waals surface area contributed by atoms with Crippen LogP contribution in [0.4, 0.5) is 5.69 Å². The third-order valence-electron chi connectivity index (χ3n) is 4.67. The lowest BCUT2D eigenvalue weighted by Crippen LogP contribution is -2.27. The van der Waals surface area contributed by atoms with Gasteiger partial charge in [0.15, 0.2) is 0 Å². The molecule has 0 bridgehead atoms. The van der Waals surface area contributed by atoms with E-state index in [4.69, 9.17) is 27.6 Å². The highest BCUT2D eigenvalue weighted by molar-refractivity contribution is 6.35. The highest BCUT2D eigenvalue weighted by atomic mass is 35.5. The summed E-state index contributed by atoms with van der Waals surface area (Å²) >= 11 is 12.1. The molecule has 2 N–H and O–H groups in total. The lowest BCUT2D eigenvalue weighted by atomic mass is 10.1. The Morgan fingerprint density at radius 3 is 2.48 bits per heavy atom. The molecule has 0 radical (unpaired) electrons. The van der Waals surface area contributed by atoms with E-state index in [1.807, 2.05) is 24.3 Å². The quantitative estimate of drug-likeness (QED) is 0.473. The molecule has 0 fully saturated rings. The summed E-state index contributed by atoms with van der Waals surface area (Å²) in [6, 6.07) is 16.0. The zero-order chi connectivity index (χ0) is 22.2. The summed E-state index contributed by atoms with van der Waals surface area (Å²) in [7, 11) is 1.60. The second-order valence-electron chi connectivity index (χ2n) is 6.99. The molecule has 0 aliphatic rings. The minimum Gasteiger partial charge on any atom is -0.468 e. The first-order valence-corrected chi connectivity index (χ1v) is 10.5. The summed E-state index contributed by atoms with van der Waals surface area (Å²) in [4.78, 5) is 26.3. The van der Waals surface area contributed by atoms with E-state index in [-0.39, 0.29) is 18.2 Å². The first-order valence-electron chi connectivity index (χ1n) is 9.75. The van der Waals surface area contributed by atoms with E-state index in [1.54, 1.807) is 43.6 Å². The Bertz CT molecular complexity index is 1020. The van der Waals surface area contributed by atoms with Crippen LogP contribution in [0.25, 0.3) is 0 Å². The number of amides is 2. The van der Waals surface area contributed by atoms with E-state index >= 15 is 0 Å². The predicted octanol–water partition coefficient (Wildman–Crippen LogP) is 4.98. The van der Waals surface area contributed by atoms with Crippen LogP contribution in [-0.2, 0) is 17.9 Å². The molecule has 162 valence electrons. The molecule has 2 aromatic carbocycles. The minimum absolute atomic E-state index is 0.129. The van der Waals surface area contributed by atoms with Gasteiger partial charge in [-0.15, -0.1) is 0 Å². The molecular formula is C23H23Cl2N3O3. The minimum atomic E-state index is -0.163. The maximum atomic E-state index is 12.5. The van der Waals surface area contributed by atoms with Crippen molar-refractivity contribution >= 4 is 40.7 Å². The summed E-state index contributed by atoms with van der Waals surface area (Å²) < 4.78 is 5.47. The molecular weight excluding hydrogens is 437 g/mol. The highest BCUT2D eigenvalue weighted by Gasteiger charge is 2.13. The molecule has 31 heavy (non-hydrogen) atoms. The Morgan fingerprint density at radius 1 is 1.03 bits per heavy atom. The van der Waals surface area contributed by atoms with Crippen molar-refractivity contribution in [1.29, 1.82) is 0 Å². The summed E-state index contributed by atoms with van der Waals surface area (Å²) in [5.74, 6) is 0.513. The van der Waals surface area contributed by atoms with Crippen molar-refractivity contribution in [1.82, 2.24) is 10.2 Å². The molecule has 0 aliphatic carbocycles. The van der Waals surface area contributed by atoms with Gasteiger partial charge in [-0.3, -0.25) is 14.5 Å². The van der Waals surface area contributed by atoms with Crippen LogP contribution in [0.5, 0.6) is 0 Å². The van der Waals surface area contributed by atoms with Gasteiger partial charge in [0.05, 0.1) is 23.5 Å². The monoisotopic (exact) mass is 459 g/mol. The van der Waals surface area contributed by atoms with Crippen molar-refractivity contribution in [3.8, 4) is 0 Å². The summed E-state index contributed by atoms with van der Waals surface area (Å²) in [6.45, 7) is 1.65. The molecule has 0 aliphatic heterocycles. The van der Waals surface area contributed by atoms with Gasteiger partial charge >= 0.3 is 0 Å². The predicted molar refractivity (Wildman–Crippen MR) is 122 cm³/mol. The van der Waals surface area contributed by atoms with Crippen LogP contribution in [0.1, 0.15) is 28.1 Å². The fraction of sp³-hybridized carbons (Fsp3) is 0.217. The van der Waals surface area contributed by atoms with E-state index in [0.717, 1.165) is 11.3 Å². The number of hydrogen-bond acceptors (Lipinski definition) is 4. The average molecular weight is 460 g/mol. The smallest absolute Gasteiger partial charge is 0.251 e. The van der Waals surface area contributed by atoms with E-state index in [1.165, 1.54) is 0 Å². The number of carbonyl (C=O) groups excluding carboxylic acids is 2. The number of hydrogen-bond donors (Lipinski definition) is 2. The van der Waals surface area contributed by atoms with Crippen LogP contribution < -0.4 is 10.6 Å². The van der Waals surface area contributed by atoms with Gasteiger partial charge in [0.2, 0.25) is 5.91 Å². The molecule has 0 spiro atoms. The molecule has 3 rings (SSSR count). The van der Waals surface area contributed by atoms with Gasteiger partial charge in [0, 0.05) is 37.1 Å². The molecule has 1 heterocycles. The maximum Gasteiger partial charge on any atom is 0.251 e. The Balaban J connectivity index is 1.64. The number of carbonyl (C=O) groups is 2. The van der Waals surface area contributed by atoms with Crippen molar-refractivity contribution in [3.05, 3.63) is 87.8 Å². The first-order chi connectivity index (χ1) is 14.9. The van der Waals surface area contributed by atoms with Crippen molar-refractivity contribution < 1.29 is 14.0 Å². The fourth-order valence-electron chi connectivity index (χ4n) is 3.07. The summed E-state index contributed by atoms with van der Waals surface area (Å²) in [5.41, 5.74) is 2.11. The molecule has 6 nitrogen and oxygen atoms in total. The van der Waals surface area contributed by atoms with Crippen LogP contribution >= 0.6 is 23.2 Å². The molecule has 0 saturated heterocycles. The second kappa shape index (κ2) is 11.0. The van der Waals surface area contributed by atoms with E-state index in [0.29, 0.717) is 40.9 Å². The number of benzene rings is 2. The van der Waals surface area contributed by atoms with E-state index < -0.39 is 0 Å². The van der Waals surface area contributed by atoms with E-state index in [9.17, 15) is 9.59 Å². The molecule has 8 heteroatoms. The topological polar surface area (TPSA) is 74.6 Å². The van der Waals surface area contributed by atoms with Gasteiger partial charge in [0.1, 0.15) is 5.76 Å². The van der Waals surface area contributed by atoms with E-state index in [2.05, 4.69) is 15.5 Å². The lowest BCUT2D eigenvalue weighted by molar-refractivity contribution is -0.116. The fourth-order valence-corrected chi connectivity index (χ4v) is 3.40. The van der Waals surface area contributed by atoms with Crippen LogP contribution in [0.15, 0.2) is 65.3 Å². The van der Waals surface area contributed by atoms with Gasteiger partial charge in [-0.05, 0) is 48.0 Å². The lowest BCUT2D eigenvalue weighted by Gasteiger charge is -2.21. The van der Waals surface area contributed by atoms with Crippen molar-refractivity contribution in [2.45, 2.75) is 19.5 Å². The molecule has 2 amide bonds. The van der Waals surface area contributed by atoms with Crippen LogP contribution in [-0.4, -0.2) is 30.3 Å².